The highest BCUT2D eigenvalue weighted by molar-refractivity contribution is 7.91. The number of rotatable bonds is 3. The number of nitrogen functional groups attached to an aromatic ring is 2. The second-order valence-electron chi connectivity index (χ2n) is 7.99. The van der Waals surface area contributed by atoms with E-state index in [2.05, 4.69) is 5.10 Å². The first-order valence-electron chi connectivity index (χ1n) is 10.3. The van der Waals surface area contributed by atoms with Crippen LogP contribution in [0, 0.1) is 27.7 Å². The molecule has 8 heteroatoms. The third kappa shape index (κ3) is 5.35. The summed E-state index contributed by atoms with van der Waals surface area (Å²) in [7, 11) is -3.58. The maximum atomic E-state index is 12.4. The van der Waals surface area contributed by atoms with Crippen LogP contribution in [0.15, 0.2) is 81.3 Å². The van der Waals surface area contributed by atoms with Gasteiger partial charge in [0.25, 0.3) is 5.56 Å². The van der Waals surface area contributed by atoms with Crippen LogP contribution in [0.4, 0.5) is 11.4 Å². The van der Waals surface area contributed by atoms with Crippen LogP contribution in [0.5, 0.6) is 0 Å². The van der Waals surface area contributed by atoms with Gasteiger partial charge in [0.05, 0.1) is 15.5 Å². The van der Waals surface area contributed by atoms with Crippen LogP contribution >= 0.6 is 0 Å². The number of nitrogens with two attached hydrogens (primary N) is 2. The number of anilines is 2. The Morgan fingerprint density at radius 2 is 1.21 bits per heavy atom. The molecule has 0 atom stereocenters. The minimum atomic E-state index is -3.58. The Balaban J connectivity index is 0.000000194. The van der Waals surface area contributed by atoms with E-state index in [-0.39, 0.29) is 15.4 Å². The Hall–Kier alpha value is -3.78. The van der Waals surface area contributed by atoms with Crippen LogP contribution < -0.4 is 17.0 Å². The number of H-pyrrole nitrogens is 1. The quantitative estimate of drug-likeness (QED) is 0.394. The van der Waals surface area contributed by atoms with E-state index in [1.54, 1.807) is 30.3 Å². The van der Waals surface area contributed by atoms with Crippen molar-refractivity contribution < 1.29 is 8.42 Å². The summed E-state index contributed by atoms with van der Waals surface area (Å²) >= 11 is 0. The summed E-state index contributed by atoms with van der Waals surface area (Å²) in [5.74, 6) is 0. The molecule has 0 saturated carbocycles. The van der Waals surface area contributed by atoms with Crippen molar-refractivity contribution >= 4 is 21.2 Å². The van der Waals surface area contributed by atoms with Gasteiger partial charge in [-0.3, -0.25) is 9.89 Å². The summed E-state index contributed by atoms with van der Waals surface area (Å²) < 4.78 is 26.4. The second-order valence-corrected chi connectivity index (χ2v) is 9.94. The number of sulfone groups is 1. The van der Waals surface area contributed by atoms with Gasteiger partial charge in [-0.1, -0.05) is 29.8 Å². The minimum Gasteiger partial charge on any atom is -0.398 e. The second kappa shape index (κ2) is 9.38. The molecular formula is C25H28N4O3S. The van der Waals surface area contributed by atoms with Gasteiger partial charge in [0, 0.05) is 23.1 Å². The van der Waals surface area contributed by atoms with Crippen LogP contribution in [0.25, 0.3) is 5.69 Å². The van der Waals surface area contributed by atoms with Crippen LogP contribution in [0.2, 0.25) is 0 Å². The summed E-state index contributed by atoms with van der Waals surface area (Å²) in [6, 6.07) is 18.8. The summed E-state index contributed by atoms with van der Waals surface area (Å²) in [4.78, 5) is 11.8. The zero-order valence-electron chi connectivity index (χ0n) is 19.1. The lowest BCUT2D eigenvalue weighted by Gasteiger charge is -2.08. The summed E-state index contributed by atoms with van der Waals surface area (Å²) in [5.41, 5.74) is 17.0. The zero-order chi connectivity index (χ0) is 24.3. The average Bonchev–Trinajstić information content (AvgIpc) is 3.10. The smallest absolute Gasteiger partial charge is 0.271 e. The molecule has 1 heterocycles. The first-order valence-corrected chi connectivity index (χ1v) is 11.8. The van der Waals surface area contributed by atoms with Crippen molar-refractivity contribution in [3.05, 3.63) is 99.5 Å². The predicted molar refractivity (Wildman–Crippen MR) is 132 cm³/mol. The molecule has 0 fully saturated rings. The van der Waals surface area contributed by atoms with Gasteiger partial charge in [-0.25, -0.2) is 13.1 Å². The van der Waals surface area contributed by atoms with Crippen LogP contribution in [-0.2, 0) is 9.84 Å². The first kappa shape index (κ1) is 23.9. The van der Waals surface area contributed by atoms with Gasteiger partial charge in [-0.05, 0) is 75.2 Å². The third-order valence-corrected chi connectivity index (χ3v) is 7.01. The molecule has 0 radical (unpaired) electrons. The molecule has 4 rings (SSSR count). The monoisotopic (exact) mass is 464 g/mol. The number of hydrogen-bond acceptors (Lipinski definition) is 5. The minimum absolute atomic E-state index is 0.0219. The highest BCUT2D eigenvalue weighted by atomic mass is 32.2. The number of aromatic amines is 1. The molecule has 0 saturated heterocycles. The Labute approximate surface area is 193 Å². The van der Waals surface area contributed by atoms with Crippen molar-refractivity contribution in [2.45, 2.75) is 37.5 Å². The Morgan fingerprint density at radius 1 is 0.727 bits per heavy atom. The van der Waals surface area contributed by atoms with Crippen molar-refractivity contribution in [3.63, 3.8) is 0 Å². The van der Waals surface area contributed by atoms with E-state index in [0.29, 0.717) is 11.4 Å². The van der Waals surface area contributed by atoms with E-state index in [1.165, 1.54) is 22.4 Å². The molecule has 0 bridgehead atoms. The van der Waals surface area contributed by atoms with E-state index >= 15 is 0 Å². The van der Waals surface area contributed by atoms with Gasteiger partial charge in [0.15, 0.2) is 0 Å². The highest BCUT2D eigenvalue weighted by Gasteiger charge is 2.18. The Kier molecular flexibility index (Phi) is 6.78. The van der Waals surface area contributed by atoms with E-state index in [9.17, 15) is 13.2 Å². The molecule has 7 nitrogen and oxygen atoms in total. The molecule has 0 aliphatic rings. The number of nitrogens with zero attached hydrogens (tertiary/aromatic N) is 1. The number of benzene rings is 3. The van der Waals surface area contributed by atoms with Gasteiger partial charge >= 0.3 is 0 Å². The molecule has 0 amide bonds. The number of aromatic nitrogens is 2. The Bertz CT molecular complexity index is 1390. The van der Waals surface area contributed by atoms with Gasteiger partial charge in [0.2, 0.25) is 9.84 Å². The summed E-state index contributed by atoms with van der Waals surface area (Å²) in [6.07, 6.45) is 0. The molecule has 3 aromatic carbocycles. The maximum Gasteiger partial charge on any atom is 0.271 e. The largest absolute Gasteiger partial charge is 0.398 e. The lowest BCUT2D eigenvalue weighted by Crippen LogP contribution is -2.13. The van der Waals surface area contributed by atoms with Gasteiger partial charge < -0.3 is 11.5 Å². The molecule has 5 N–H and O–H groups in total. The van der Waals surface area contributed by atoms with Crippen molar-refractivity contribution in [3.8, 4) is 5.69 Å². The van der Waals surface area contributed by atoms with Crippen molar-refractivity contribution in [2.24, 2.45) is 0 Å². The summed E-state index contributed by atoms with van der Waals surface area (Å²) in [5, 5.41) is 2.98. The molecule has 33 heavy (non-hydrogen) atoms. The Morgan fingerprint density at radius 3 is 1.61 bits per heavy atom. The van der Waals surface area contributed by atoms with E-state index in [1.807, 2.05) is 52.0 Å². The first-order chi connectivity index (χ1) is 15.5. The van der Waals surface area contributed by atoms with Crippen LogP contribution in [-0.4, -0.2) is 18.2 Å². The fourth-order valence-corrected chi connectivity index (χ4v) is 4.44. The molecule has 4 aromatic rings. The lowest BCUT2D eigenvalue weighted by molar-refractivity contribution is 0.596. The summed E-state index contributed by atoms with van der Waals surface area (Å²) in [6.45, 7) is 7.55. The molecule has 172 valence electrons. The van der Waals surface area contributed by atoms with Gasteiger partial charge in [0.1, 0.15) is 0 Å². The number of nitrogens with one attached hydrogen (secondary N) is 1. The van der Waals surface area contributed by atoms with E-state index < -0.39 is 9.84 Å². The highest BCUT2D eigenvalue weighted by Crippen LogP contribution is 2.26. The zero-order valence-corrected chi connectivity index (χ0v) is 19.9. The molecule has 0 aliphatic carbocycles. The number of aryl methyl sites for hydroxylation is 4. The molecule has 0 unspecified atom stereocenters. The predicted octanol–water partition coefficient (Wildman–Crippen LogP) is 4.08. The van der Waals surface area contributed by atoms with Gasteiger partial charge in [-0.15, -0.1) is 0 Å². The SMILES string of the molecule is Cc1ccc(-n2[nH]c(C)cc2=O)cc1.Cc1ccc(S(=O)(=O)c2ccc(C)c(N)c2)cc1N. The fourth-order valence-electron chi connectivity index (χ4n) is 3.11. The fraction of sp³-hybridized carbons (Fsp3) is 0.160. The molecule has 0 spiro atoms. The van der Waals surface area contributed by atoms with Crippen LogP contribution in [0.3, 0.4) is 0 Å². The normalized spacial score (nSPS) is 11.0. The third-order valence-electron chi connectivity index (χ3n) is 5.26. The van der Waals surface area contributed by atoms with Gasteiger partial charge in [-0.2, -0.15) is 0 Å². The van der Waals surface area contributed by atoms with Crippen molar-refractivity contribution in [1.29, 1.82) is 0 Å². The topological polar surface area (TPSA) is 124 Å². The van der Waals surface area contributed by atoms with E-state index in [0.717, 1.165) is 22.5 Å². The van der Waals surface area contributed by atoms with Crippen molar-refractivity contribution in [2.75, 3.05) is 11.5 Å². The molecule has 1 aromatic heterocycles. The average molecular weight is 465 g/mol. The van der Waals surface area contributed by atoms with Crippen molar-refractivity contribution in [1.82, 2.24) is 9.78 Å². The van der Waals surface area contributed by atoms with Crippen LogP contribution in [0.1, 0.15) is 22.4 Å². The molecule has 0 aliphatic heterocycles. The van der Waals surface area contributed by atoms with E-state index in [4.69, 9.17) is 11.5 Å². The standard InChI is InChI=1S/C14H16N2O2S.C11H12N2O/c1-9-3-5-11(7-13(9)15)19(17,18)12-6-4-10(2)14(16)8-12;1-8-3-5-10(6-4-8)13-11(14)7-9(2)12-13/h3-8H,15-16H2,1-2H3;3-7,12H,1-2H3. The molecular weight excluding hydrogens is 436 g/mol. The lowest BCUT2D eigenvalue weighted by atomic mass is 10.2. The maximum absolute atomic E-state index is 12.4. The number of hydrogen-bond donors (Lipinski definition) is 3.